The third-order valence-corrected chi connectivity index (χ3v) is 4.85. The Kier molecular flexibility index (Phi) is 5.28. The Balaban J connectivity index is 2.96. The number of ether oxygens (including phenoxy) is 1. The van der Waals surface area contributed by atoms with Crippen molar-refractivity contribution < 1.29 is 17.9 Å². The van der Waals surface area contributed by atoms with Crippen molar-refractivity contribution in [2.45, 2.75) is 11.8 Å². The molecule has 0 saturated heterocycles. The van der Waals surface area contributed by atoms with E-state index in [0.717, 1.165) is 4.31 Å². The van der Waals surface area contributed by atoms with Gasteiger partial charge in [-0.3, -0.25) is 9.78 Å². The zero-order valence-corrected chi connectivity index (χ0v) is 12.4. The maximum Gasteiger partial charge on any atom is 0.309 e. The molecule has 0 spiro atoms. The van der Waals surface area contributed by atoms with Crippen LogP contribution in [0.25, 0.3) is 0 Å². The summed E-state index contributed by atoms with van der Waals surface area (Å²) in [4.78, 5) is 15.0. The lowest BCUT2D eigenvalue weighted by molar-refractivity contribution is -0.144. The number of carbonyl (C=O) groups excluding carboxylic acids is 1. The van der Waals surface area contributed by atoms with Crippen LogP contribution in [0.4, 0.5) is 0 Å². The first-order valence-corrected chi connectivity index (χ1v) is 7.26. The number of carbonyl (C=O) groups is 1. The average Bonchev–Trinajstić information content (AvgIpc) is 2.37. The van der Waals surface area contributed by atoms with Gasteiger partial charge in [0.2, 0.25) is 10.0 Å². The van der Waals surface area contributed by atoms with Gasteiger partial charge in [-0.1, -0.05) is 18.5 Å². The lowest BCUT2D eigenvalue weighted by Crippen LogP contribution is -2.34. The molecule has 6 nitrogen and oxygen atoms in total. The Hall–Kier alpha value is -1.18. The number of rotatable bonds is 5. The molecule has 0 aliphatic carbocycles. The summed E-state index contributed by atoms with van der Waals surface area (Å²) in [6.07, 6.45) is 2.58. The third kappa shape index (κ3) is 3.65. The summed E-state index contributed by atoms with van der Waals surface area (Å²) in [7, 11) is -1.15. The van der Waals surface area contributed by atoms with Gasteiger partial charge >= 0.3 is 5.97 Å². The van der Waals surface area contributed by atoms with Crippen molar-refractivity contribution in [1.29, 1.82) is 0 Å². The van der Waals surface area contributed by atoms with E-state index in [1.807, 2.05) is 0 Å². The fourth-order valence-electron chi connectivity index (χ4n) is 1.48. The molecule has 1 rings (SSSR count). The molecule has 0 aliphatic rings. The highest BCUT2D eigenvalue weighted by Gasteiger charge is 2.27. The predicted molar refractivity (Wildman–Crippen MR) is 70.2 cm³/mol. The summed E-state index contributed by atoms with van der Waals surface area (Å²) < 4.78 is 30.1. The van der Waals surface area contributed by atoms with Crippen molar-refractivity contribution in [3.63, 3.8) is 0 Å². The summed E-state index contributed by atoms with van der Waals surface area (Å²) in [6.45, 7) is 1.59. The minimum absolute atomic E-state index is 0.000228. The van der Waals surface area contributed by atoms with Crippen molar-refractivity contribution in [2.24, 2.45) is 5.92 Å². The quantitative estimate of drug-likeness (QED) is 0.763. The monoisotopic (exact) mass is 306 g/mol. The van der Waals surface area contributed by atoms with Crippen LogP contribution in [0.1, 0.15) is 6.92 Å². The van der Waals surface area contributed by atoms with Gasteiger partial charge in [0.15, 0.2) is 0 Å². The molecule has 8 heteroatoms. The first kappa shape index (κ1) is 15.9. The summed E-state index contributed by atoms with van der Waals surface area (Å²) in [5.74, 6) is -1.04. The second-order valence-electron chi connectivity index (χ2n) is 4.02. The molecule has 0 aliphatic heterocycles. The number of methoxy groups -OCH3 is 1. The van der Waals surface area contributed by atoms with Crippen LogP contribution in [0.3, 0.4) is 0 Å². The molecule has 0 aromatic carbocycles. The summed E-state index contributed by atoms with van der Waals surface area (Å²) >= 11 is 5.84. The summed E-state index contributed by atoms with van der Waals surface area (Å²) in [5, 5.41) is 0.0903. The van der Waals surface area contributed by atoms with Crippen LogP contribution in [0.2, 0.25) is 5.02 Å². The zero-order valence-electron chi connectivity index (χ0n) is 10.8. The Morgan fingerprint density at radius 2 is 2.21 bits per heavy atom. The molecular weight excluding hydrogens is 292 g/mol. The maximum absolute atomic E-state index is 12.2. The molecule has 0 bridgehead atoms. The van der Waals surface area contributed by atoms with Crippen LogP contribution >= 0.6 is 11.6 Å². The molecule has 1 aromatic heterocycles. The highest BCUT2D eigenvalue weighted by Crippen LogP contribution is 2.22. The fraction of sp³-hybridized carbons (Fsp3) is 0.455. The lowest BCUT2D eigenvalue weighted by Gasteiger charge is -2.20. The number of hydrogen-bond donors (Lipinski definition) is 0. The van der Waals surface area contributed by atoms with E-state index in [0.29, 0.717) is 0 Å². The maximum atomic E-state index is 12.2. The second-order valence-corrected chi connectivity index (χ2v) is 6.44. The van der Waals surface area contributed by atoms with Gasteiger partial charge in [-0.05, 0) is 6.07 Å². The van der Waals surface area contributed by atoms with Gasteiger partial charge in [-0.2, -0.15) is 4.31 Å². The van der Waals surface area contributed by atoms with E-state index < -0.39 is 21.9 Å². The number of hydrogen-bond acceptors (Lipinski definition) is 5. The Morgan fingerprint density at radius 1 is 1.58 bits per heavy atom. The van der Waals surface area contributed by atoms with Gasteiger partial charge in [0.05, 0.1) is 18.1 Å². The zero-order chi connectivity index (χ0) is 14.6. The molecule has 0 N–H and O–H groups in total. The number of esters is 1. The number of halogens is 1. The van der Waals surface area contributed by atoms with E-state index in [2.05, 4.69) is 9.72 Å². The van der Waals surface area contributed by atoms with Gasteiger partial charge in [-0.25, -0.2) is 8.42 Å². The van der Waals surface area contributed by atoms with Crippen molar-refractivity contribution in [3.8, 4) is 0 Å². The molecule has 1 heterocycles. The minimum atomic E-state index is -3.78. The van der Waals surface area contributed by atoms with E-state index in [9.17, 15) is 13.2 Å². The molecule has 0 amide bonds. The van der Waals surface area contributed by atoms with Crippen LogP contribution in [0.15, 0.2) is 23.4 Å². The largest absolute Gasteiger partial charge is 0.469 e. The highest BCUT2D eigenvalue weighted by molar-refractivity contribution is 7.89. The molecule has 1 unspecified atom stereocenters. The number of pyridine rings is 1. The van der Waals surface area contributed by atoms with E-state index in [1.165, 1.54) is 32.6 Å². The molecule has 0 fully saturated rings. The molecule has 0 saturated carbocycles. The SMILES string of the molecule is COC(=O)C(C)CN(C)S(=O)(=O)c1cnccc1Cl. The van der Waals surface area contributed by atoms with Gasteiger partial charge < -0.3 is 4.74 Å². The topological polar surface area (TPSA) is 76.6 Å². The summed E-state index contributed by atoms with van der Waals surface area (Å²) in [5.41, 5.74) is 0. The molecule has 19 heavy (non-hydrogen) atoms. The highest BCUT2D eigenvalue weighted by atomic mass is 35.5. The van der Waals surface area contributed by atoms with Crippen LogP contribution < -0.4 is 0 Å². The van der Waals surface area contributed by atoms with Crippen LogP contribution in [0.5, 0.6) is 0 Å². The van der Waals surface area contributed by atoms with Gasteiger partial charge in [-0.15, -0.1) is 0 Å². The van der Waals surface area contributed by atoms with E-state index in [-0.39, 0.29) is 16.5 Å². The Morgan fingerprint density at radius 3 is 2.74 bits per heavy atom. The molecule has 0 radical (unpaired) electrons. The average molecular weight is 307 g/mol. The Bertz CT molecular complexity index is 562. The smallest absolute Gasteiger partial charge is 0.309 e. The van der Waals surface area contributed by atoms with Gasteiger partial charge in [0, 0.05) is 26.0 Å². The van der Waals surface area contributed by atoms with Crippen molar-refractivity contribution in [3.05, 3.63) is 23.5 Å². The molecule has 1 aromatic rings. The molecule has 1 atom stereocenters. The number of nitrogens with zero attached hydrogens (tertiary/aromatic N) is 2. The standard InChI is InChI=1S/C11H15ClN2O4S/c1-8(11(15)18-3)7-14(2)19(16,17)10-6-13-5-4-9(10)12/h4-6,8H,7H2,1-3H3. The fourth-order valence-corrected chi connectivity index (χ4v) is 3.14. The first-order valence-electron chi connectivity index (χ1n) is 5.44. The van der Waals surface area contributed by atoms with Crippen molar-refractivity contribution >= 4 is 27.6 Å². The summed E-state index contributed by atoms with van der Waals surface area (Å²) in [6, 6.07) is 1.39. The number of aromatic nitrogens is 1. The molecular formula is C11H15ClN2O4S. The van der Waals surface area contributed by atoms with E-state index in [1.54, 1.807) is 6.92 Å². The van der Waals surface area contributed by atoms with Crippen LogP contribution in [-0.4, -0.2) is 44.4 Å². The second kappa shape index (κ2) is 6.31. The van der Waals surface area contributed by atoms with Crippen LogP contribution in [-0.2, 0) is 19.6 Å². The number of sulfonamides is 1. The normalized spacial score (nSPS) is 13.3. The van der Waals surface area contributed by atoms with Crippen molar-refractivity contribution in [1.82, 2.24) is 9.29 Å². The lowest BCUT2D eigenvalue weighted by atomic mass is 10.2. The Labute approximate surface area is 117 Å². The van der Waals surface area contributed by atoms with E-state index in [4.69, 9.17) is 11.6 Å². The minimum Gasteiger partial charge on any atom is -0.469 e. The van der Waals surface area contributed by atoms with Crippen LogP contribution in [0, 0.1) is 5.92 Å². The van der Waals surface area contributed by atoms with Gasteiger partial charge in [0.25, 0.3) is 0 Å². The third-order valence-electron chi connectivity index (χ3n) is 2.56. The van der Waals surface area contributed by atoms with Gasteiger partial charge in [0.1, 0.15) is 4.90 Å². The molecule has 106 valence electrons. The van der Waals surface area contributed by atoms with E-state index >= 15 is 0 Å². The first-order chi connectivity index (χ1) is 8.80. The van der Waals surface area contributed by atoms with Crippen molar-refractivity contribution in [2.75, 3.05) is 20.7 Å². The predicted octanol–water partition coefficient (Wildman–Crippen LogP) is 1.16.